The number of amides is 2. The molecule has 0 heterocycles. The zero-order valence-electron chi connectivity index (χ0n) is 24.6. The minimum atomic E-state index is -4.46. The number of hydrogen-bond donors (Lipinski definition) is 2. The van der Waals surface area contributed by atoms with E-state index in [2.05, 4.69) is 5.32 Å². The Labute approximate surface area is 248 Å². The molecule has 0 fully saturated rings. The SMILES string of the molecule is CC(OC(=O)C(NC(=O)CO)C(C)C)OC(=O)N(CCCc1cccc(C(F)(F)F)c1)[C@H](C)c1cccc2ccccc12. The maximum Gasteiger partial charge on any atom is 0.416 e. The summed E-state index contributed by atoms with van der Waals surface area (Å²) < 4.78 is 50.4. The quantitative estimate of drug-likeness (QED) is 0.194. The van der Waals surface area contributed by atoms with Gasteiger partial charge in [-0.25, -0.2) is 9.59 Å². The Hall–Kier alpha value is -4.12. The molecule has 8 nitrogen and oxygen atoms in total. The maximum absolute atomic E-state index is 13.5. The predicted molar refractivity (Wildman–Crippen MR) is 155 cm³/mol. The van der Waals surface area contributed by atoms with Crippen LogP contribution in [0.25, 0.3) is 10.8 Å². The smallest absolute Gasteiger partial charge is 0.416 e. The van der Waals surface area contributed by atoms with E-state index in [4.69, 9.17) is 14.6 Å². The third kappa shape index (κ3) is 9.18. The first-order chi connectivity index (χ1) is 20.3. The summed E-state index contributed by atoms with van der Waals surface area (Å²) in [4.78, 5) is 39.3. The van der Waals surface area contributed by atoms with E-state index >= 15 is 0 Å². The van der Waals surface area contributed by atoms with E-state index in [1.54, 1.807) is 19.9 Å². The fraction of sp³-hybridized carbons (Fsp3) is 0.406. The molecule has 3 atom stereocenters. The molecule has 3 aromatic carbocycles. The van der Waals surface area contributed by atoms with E-state index in [1.165, 1.54) is 17.9 Å². The van der Waals surface area contributed by atoms with E-state index < -0.39 is 54.7 Å². The number of halogens is 3. The van der Waals surface area contributed by atoms with Crippen molar-refractivity contribution in [3.8, 4) is 0 Å². The lowest BCUT2D eigenvalue weighted by Gasteiger charge is -2.31. The lowest BCUT2D eigenvalue weighted by atomic mass is 9.98. The molecule has 3 aromatic rings. The van der Waals surface area contributed by atoms with Crippen LogP contribution in [0.1, 0.15) is 56.8 Å². The molecule has 0 saturated heterocycles. The van der Waals surface area contributed by atoms with Crippen molar-refractivity contribution < 1.29 is 42.1 Å². The monoisotopic (exact) mass is 602 g/mol. The topological polar surface area (TPSA) is 105 Å². The first kappa shape index (κ1) is 33.4. The number of alkyl halides is 3. The summed E-state index contributed by atoms with van der Waals surface area (Å²) >= 11 is 0. The van der Waals surface area contributed by atoms with Crippen molar-refractivity contribution in [2.24, 2.45) is 5.92 Å². The van der Waals surface area contributed by atoms with Gasteiger partial charge in [-0.15, -0.1) is 0 Å². The highest BCUT2D eigenvalue weighted by Crippen LogP contribution is 2.31. The Morgan fingerprint density at radius 2 is 1.60 bits per heavy atom. The number of nitrogens with zero attached hydrogens (tertiary/aromatic N) is 1. The third-order valence-corrected chi connectivity index (χ3v) is 7.02. The number of carbonyl (C=O) groups is 3. The molecule has 0 radical (unpaired) electrons. The van der Waals surface area contributed by atoms with Gasteiger partial charge in [-0.2, -0.15) is 13.2 Å². The number of carbonyl (C=O) groups excluding carboxylic acids is 3. The summed E-state index contributed by atoms with van der Waals surface area (Å²) in [6.07, 6.45) is -5.95. The Balaban J connectivity index is 1.79. The molecule has 2 N–H and O–H groups in total. The number of benzene rings is 3. The first-order valence-electron chi connectivity index (χ1n) is 14.0. The molecule has 11 heteroatoms. The van der Waals surface area contributed by atoms with Crippen LogP contribution in [-0.2, 0) is 31.7 Å². The molecule has 0 saturated carbocycles. The van der Waals surface area contributed by atoms with Crippen LogP contribution in [0.4, 0.5) is 18.0 Å². The van der Waals surface area contributed by atoms with Crippen LogP contribution >= 0.6 is 0 Å². The van der Waals surface area contributed by atoms with Gasteiger partial charge in [0.1, 0.15) is 12.6 Å². The highest BCUT2D eigenvalue weighted by Gasteiger charge is 2.31. The lowest BCUT2D eigenvalue weighted by molar-refractivity contribution is -0.171. The minimum absolute atomic E-state index is 0.140. The van der Waals surface area contributed by atoms with E-state index in [0.29, 0.717) is 12.0 Å². The van der Waals surface area contributed by atoms with Gasteiger partial charge in [0.15, 0.2) is 0 Å². The normalized spacial score (nSPS) is 13.7. The zero-order chi connectivity index (χ0) is 31.7. The predicted octanol–water partition coefficient (Wildman–Crippen LogP) is 6.01. The van der Waals surface area contributed by atoms with E-state index in [1.807, 2.05) is 49.4 Å². The van der Waals surface area contributed by atoms with Crippen LogP contribution in [0.3, 0.4) is 0 Å². The van der Waals surface area contributed by atoms with E-state index in [-0.39, 0.29) is 18.9 Å². The molecule has 0 aliphatic rings. The van der Waals surface area contributed by atoms with Crippen molar-refractivity contribution in [3.63, 3.8) is 0 Å². The van der Waals surface area contributed by atoms with Crippen LogP contribution in [0.5, 0.6) is 0 Å². The fourth-order valence-corrected chi connectivity index (χ4v) is 4.77. The Bertz CT molecular complexity index is 1410. The highest BCUT2D eigenvalue weighted by molar-refractivity contribution is 5.87. The molecule has 2 amide bonds. The van der Waals surface area contributed by atoms with Crippen LogP contribution in [0.15, 0.2) is 66.7 Å². The van der Waals surface area contributed by atoms with Crippen LogP contribution in [-0.4, -0.2) is 53.5 Å². The number of aliphatic hydroxyl groups is 1. The van der Waals surface area contributed by atoms with Gasteiger partial charge in [-0.05, 0) is 53.6 Å². The number of fused-ring (bicyclic) bond motifs is 1. The summed E-state index contributed by atoms with van der Waals surface area (Å²) in [6, 6.07) is 16.9. The van der Waals surface area contributed by atoms with Crippen molar-refractivity contribution in [3.05, 3.63) is 83.4 Å². The Kier molecular flexibility index (Phi) is 11.5. The minimum Gasteiger partial charge on any atom is -0.424 e. The second-order valence-electron chi connectivity index (χ2n) is 10.6. The van der Waals surface area contributed by atoms with Crippen molar-refractivity contribution in [1.29, 1.82) is 0 Å². The van der Waals surface area contributed by atoms with Crippen LogP contribution < -0.4 is 5.32 Å². The fourth-order valence-electron chi connectivity index (χ4n) is 4.77. The maximum atomic E-state index is 13.5. The number of rotatable bonds is 12. The number of aliphatic hydroxyl groups excluding tert-OH is 1. The van der Waals surface area contributed by atoms with Gasteiger partial charge >= 0.3 is 18.2 Å². The number of esters is 1. The largest absolute Gasteiger partial charge is 0.424 e. The molecular weight excluding hydrogens is 565 g/mol. The number of nitrogens with one attached hydrogen (secondary N) is 1. The summed E-state index contributed by atoms with van der Waals surface area (Å²) in [6.45, 7) is 5.88. The average Bonchev–Trinajstić information content (AvgIpc) is 2.96. The average molecular weight is 603 g/mol. The van der Waals surface area contributed by atoms with Gasteiger partial charge in [-0.3, -0.25) is 4.79 Å². The Morgan fingerprint density at radius 3 is 2.28 bits per heavy atom. The summed E-state index contributed by atoms with van der Waals surface area (Å²) in [7, 11) is 0. The van der Waals surface area contributed by atoms with Gasteiger partial charge in [-0.1, -0.05) is 74.5 Å². The third-order valence-electron chi connectivity index (χ3n) is 7.02. The van der Waals surface area contributed by atoms with Gasteiger partial charge in [0, 0.05) is 13.5 Å². The molecular formula is C32H37F3N2O6. The van der Waals surface area contributed by atoms with E-state index in [0.717, 1.165) is 28.5 Å². The van der Waals surface area contributed by atoms with Crippen molar-refractivity contribution >= 4 is 28.7 Å². The van der Waals surface area contributed by atoms with Gasteiger partial charge in [0.25, 0.3) is 0 Å². The highest BCUT2D eigenvalue weighted by atomic mass is 19.4. The molecule has 43 heavy (non-hydrogen) atoms. The summed E-state index contributed by atoms with van der Waals surface area (Å²) in [5, 5.41) is 13.3. The molecule has 232 valence electrons. The molecule has 0 aliphatic carbocycles. The first-order valence-corrected chi connectivity index (χ1v) is 14.0. The summed E-state index contributed by atoms with van der Waals surface area (Å²) in [5.41, 5.74) is 0.578. The second kappa shape index (κ2) is 14.9. The standard InChI is InChI=1S/C32H37F3N2O6/c1-20(2)29(36-28(39)19-38)30(40)42-22(4)43-31(41)37(17-9-11-23-10-7-14-25(18-23)32(33,34)35)21(3)26-16-8-13-24-12-5-6-15-27(24)26/h5-8,10,12-16,18,20-22,29,38H,9,11,17,19H2,1-4H3,(H,36,39)/t21-,22?,29?/m1/s1. The van der Waals surface area contributed by atoms with Crippen molar-refractivity contribution in [1.82, 2.24) is 10.2 Å². The number of aryl methyl sites for hydroxylation is 1. The lowest BCUT2D eigenvalue weighted by Crippen LogP contribution is -2.47. The zero-order valence-corrected chi connectivity index (χ0v) is 24.6. The molecule has 0 aliphatic heterocycles. The van der Waals surface area contributed by atoms with E-state index in [9.17, 15) is 27.6 Å². The molecule has 2 unspecified atom stereocenters. The molecule has 0 aromatic heterocycles. The van der Waals surface area contributed by atoms with Gasteiger partial charge < -0.3 is 24.8 Å². The van der Waals surface area contributed by atoms with Crippen LogP contribution in [0, 0.1) is 5.92 Å². The number of ether oxygens (including phenoxy) is 2. The Morgan fingerprint density at radius 1 is 0.930 bits per heavy atom. The van der Waals surface area contributed by atoms with Crippen molar-refractivity contribution in [2.45, 2.75) is 65.1 Å². The number of hydrogen-bond acceptors (Lipinski definition) is 6. The van der Waals surface area contributed by atoms with Crippen LogP contribution in [0.2, 0.25) is 0 Å². The van der Waals surface area contributed by atoms with Crippen molar-refractivity contribution in [2.75, 3.05) is 13.2 Å². The summed E-state index contributed by atoms with van der Waals surface area (Å²) in [5.74, 6) is -1.96. The van der Waals surface area contributed by atoms with Gasteiger partial charge in [0.05, 0.1) is 11.6 Å². The molecule has 0 spiro atoms. The molecule has 3 rings (SSSR count). The second-order valence-corrected chi connectivity index (χ2v) is 10.6. The molecule has 0 bridgehead atoms. The van der Waals surface area contributed by atoms with Gasteiger partial charge in [0.2, 0.25) is 12.2 Å².